The van der Waals surface area contributed by atoms with Gasteiger partial charge in [-0.3, -0.25) is 28.9 Å². The lowest BCUT2D eigenvalue weighted by atomic mass is 9.96. The SMILES string of the molecule is CCc1ccc(Cc2ccc(C)cc2)cc1.Cc1ccccc1N1C(=O)c2ccc(C(=O)c3ccc4c(c3)C(=O)N(C)C4=O)cc2C1=O. The van der Waals surface area contributed by atoms with Crippen molar-refractivity contribution < 1.29 is 24.0 Å². The van der Waals surface area contributed by atoms with Gasteiger partial charge < -0.3 is 0 Å². The minimum absolute atomic E-state index is 0.149. The van der Waals surface area contributed by atoms with Crippen molar-refractivity contribution in [2.45, 2.75) is 33.6 Å². The Kier molecular flexibility index (Phi) is 8.70. The lowest BCUT2D eigenvalue weighted by Crippen LogP contribution is -2.29. The minimum Gasteiger partial charge on any atom is -0.289 e. The largest absolute Gasteiger partial charge is 0.289 e. The molecule has 2 aliphatic rings. The number of carbonyl (C=O) groups is 5. The maximum atomic E-state index is 13.1. The quantitative estimate of drug-likeness (QED) is 0.143. The second kappa shape index (κ2) is 13.0. The third-order valence-corrected chi connectivity index (χ3v) is 8.82. The van der Waals surface area contributed by atoms with Crippen LogP contribution in [0.1, 0.15) is 92.1 Å². The number of fused-ring (bicyclic) bond motifs is 2. The smallest absolute Gasteiger partial charge is 0.266 e. The Morgan fingerprint density at radius 2 is 1.04 bits per heavy atom. The molecular weight excluding hydrogens is 600 g/mol. The molecule has 5 aromatic rings. The number of hydrogen-bond donors (Lipinski definition) is 0. The molecule has 0 saturated heterocycles. The zero-order chi connectivity index (χ0) is 34.1. The van der Waals surface area contributed by atoms with E-state index in [1.54, 1.807) is 12.1 Å². The van der Waals surface area contributed by atoms with Gasteiger partial charge in [-0.2, -0.15) is 0 Å². The van der Waals surface area contributed by atoms with E-state index in [1.807, 2.05) is 19.1 Å². The summed E-state index contributed by atoms with van der Waals surface area (Å²) in [5.41, 5.74) is 8.00. The molecule has 7 rings (SSSR count). The van der Waals surface area contributed by atoms with Gasteiger partial charge in [-0.15, -0.1) is 0 Å². The summed E-state index contributed by atoms with van der Waals surface area (Å²) in [6.45, 7) is 6.12. The van der Waals surface area contributed by atoms with Crippen LogP contribution < -0.4 is 4.90 Å². The molecular formula is C41H34N2O5. The van der Waals surface area contributed by atoms with Gasteiger partial charge in [0.25, 0.3) is 23.6 Å². The van der Waals surface area contributed by atoms with Crippen LogP contribution >= 0.6 is 0 Å². The Balaban J connectivity index is 0.000000211. The summed E-state index contributed by atoms with van der Waals surface area (Å²) in [6, 6.07) is 33.5. The molecule has 0 radical (unpaired) electrons. The fourth-order valence-electron chi connectivity index (χ4n) is 5.92. The van der Waals surface area contributed by atoms with E-state index in [4.69, 9.17) is 0 Å². The average molecular weight is 635 g/mol. The van der Waals surface area contributed by atoms with Crippen molar-refractivity contribution in [2.24, 2.45) is 0 Å². The third-order valence-electron chi connectivity index (χ3n) is 8.82. The molecule has 2 aliphatic heterocycles. The zero-order valence-electron chi connectivity index (χ0n) is 27.2. The van der Waals surface area contributed by atoms with Gasteiger partial charge in [0.15, 0.2) is 5.78 Å². The minimum atomic E-state index is -0.495. The van der Waals surface area contributed by atoms with Gasteiger partial charge in [-0.05, 0) is 79.3 Å². The second-order valence-corrected chi connectivity index (χ2v) is 12.1. The van der Waals surface area contributed by atoms with E-state index in [1.165, 1.54) is 65.7 Å². The van der Waals surface area contributed by atoms with Crippen molar-refractivity contribution in [2.75, 3.05) is 11.9 Å². The van der Waals surface area contributed by atoms with Crippen molar-refractivity contribution in [3.8, 4) is 0 Å². The topological polar surface area (TPSA) is 91.8 Å². The molecule has 238 valence electrons. The van der Waals surface area contributed by atoms with Crippen LogP contribution in [0.25, 0.3) is 0 Å². The highest BCUT2D eigenvalue weighted by atomic mass is 16.2. The number of amides is 4. The highest BCUT2D eigenvalue weighted by molar-refractivity contribution is 6.35. The van der Waals surface area contributed by atoms with Crippen LogP contribution in [0.3, 0.4) is 0 Å². The summed E-state index contributed by atoms with van der Waals surface area (Å²) in [4.78, 5) is 65.5. The van der Waals surface area contributed by atoms with Gasteiger partial charge in [0, 0.05) is 18.2 Å². The number of hydrogen-bond acceptors (Lipinski definition) is 5. The van der Waals surface area contributed by atoms with Crippen LogP contribution in [0.4, 0.5) is 5.69 Å². The van der Waals surface area contributed by atoms with E-state index < -0.39 is 29.4 Å². The van der Waals surface area contributed by atoms with Crippen molar-refractivity contribution >= 4 is 35.1 Å². The molecule has 48 heavy (non-hydrogen) atoms. The Morgan fingerprint density at radius 1 is 0.562 bits per heavy atom. The summed E-state index contributed by atoms with van der Waals surface area (Å²) in [6.07, 6.45) is 2.15. The number of aryl methyl sites for hydroxylation is 3. The van der Waals surface area contributed by atoms with Gasteiger partial charge in [0.2, 0.25) is 0 Å². The standard InChI is InChI=1S/C25H16N2O5.C16H18/c1-13-5-3-4-6-20(13)27-24(31)17-10-8-15(12-19(17)25(27)32)21(28)14-7-9-16-18(11-14)23(30)26(2)22(16)29;1-3-14-8-10-16(11-9-14)12-15-6-4-13(2)5-7-15/h3-12H,1-2H3;4-11H,3,12H2,1-2H3. The molecule has 2 heterocycles. The number of carbonyl (C=O) groups excluding carboxylic acids is 5. The molecule has 0 atom stereocenters. The monoisotopic (exact) mass is 634 g/mol. The van der Waals surface area contributed by atoms with Crippen molar-refractivity contribution in [3.63, 3.8) is 0 Å². The number of anilines is 1. The predicted octanol–water partition coefficient (Wildman–Crippen LogP) is 7.40. The molecule has 7 nitrogen and oxygen atoms in total. The van der Waals surface area contributed by atoms with Gasteiger partial charge in [-0.1, -0.05) is 91.3 Å². The number of benzene rings is 5. The van der Waals surface area contributed by atoms with E-state index in [0.29, 0.717) is 5.69 Å². The fraction of sp³-hybridized carbons (Fsp3) is 0.146. The predicted molar refractivity (Wildman–Crippen MR) is 185 cm³/mol. The number of imide groups is 2. The number of ketones is 1. The Bertz CT molecular complexity index is 2110. The highest BCUT2D eigenvalue weighted by Crippen LogP contribution is 2.32. The molecule has 4 amide bonds. The summed E-state index contributed by atoms with van der Waals surface area (Å²) >= 11 is 0. The molecule has 0 fully saturated rings. The van der Waals surface area contributed by atoms with Crippen LogP contribution in [0, 0.1) is 13.8 Å². The maximum Gasteiger partial charge on any atom is 0.266 e. The normalized spacial score (nSPS) is 13.3. The molecule has 0 bridgehead atoms. The molecule has 0 aromatic heterocycles. The van der Waals surface area contributed by atoms with Gasteiger partial charge >= 0.3 is 0 Å². The van der Waals surface area contributed by atoms with Gasteiger partial charge in [-0.25, -0.2) is 4.90 Å². The molecule has 0 spiro atoms. The summed E-state index contributed by atoms with van der Waals surface area (Å²) in [7, 11) is 1.38. The van der Waals surface area contributed by atoms with Crippen molar-refractivity contribution in [3.05, 3.63) is 170 Å². The molecule has 0 saturated carbocycles. The van der Waals surface area contributed by atoms with E-state index in [0.717, 1.165) is 28.2 Å². The Labute approximate surface area is 279 Å². The third kappa shape index (κ3) is 5.98. The first kappa shape index (κ1) is 32.0. The van der Waals surface area contributed by atoms with E-state index >= 15 is 0 Å². The Morgan fingerprint density at radius 3 is 1.62 bits per heavy atom. The lowest BCUT2D eigenvalue weighted by Gasteiger charge is -2.16. The second-order valence-electron chi connectivity index (χ2n) is 12.1. The number of para-hydroxylation sites is 1. The number of nitrogens with zero attached hydrogens (tertiary/aromatic N) is 2. The molecule has 0 aliphatic carbocycles. The zero-order valence-corrected chi connectivity index (χ0v) is 27.2. The van der Waals surface area contributed by atoms with Crippen LogP contribution in [-0.4, -0.2) is 41.4 Å². The Hall–Kier alpha value is -5.95. The summed E-state index contributed by atoms with van der Waals surface area (Å²) < 4.78 is 0. The molecule has 0 N–H and O–H groups in total. The highest BCUT2D eigenvalue weighted by Gasteiger charge is 2.38. The maximum absolute atomic E-state index is 13.1. The molecule has 0 unspecified atom stereocenters. The van der Waals surface area contributed by atoms with Crippen LogP contribution in [0.15, 0.2) is 109 Å². The van der Waals surface area contributed by atoms with Crippen LogP contribution in [0.2, 0.25) is 0 Å². The summed E-state index contributed by atoms with van der Waals surface area (Å²) in [5, 5.41) is 0. The van der Waals surface area contributed by atoms with Crippen LogP contribution in [-0.2, 0) is 12.8 Å². The van der Waals surface area contributed by atoms with Crippen molar-refractivity contribution in [1.82, 2.24) is 4.90 Å². The molecule has 7 heteroatoms. The first-order valence-corrected chi connectivity index (χ1v) is 15.8. The van der Waals surface area contributed by atoms with E-state index in [2.05, 4.69) is 62.4 Å². The average Bonchev–Trinajstić information content (AvgIpc) is 3.48. The van der Waals surface area contributed by atoms with E-state index in [-0.39, 0.29) is 33.4 Å². The van der Waals surface area contributed by atoms with Crippen molar-refractivity contribution in [1.29, 1.82) is 0 Å². The lowest BCUT2D eigenvalue weighted by molar-refractivity contribution is 0.0692. The van der Waals surface area contributed by atoms with Gasteiger partial charge in [0.1, 0.15) is 0 Å². The fourth-order valence-corrected chi connectivity index (χ4v) is 5.92. The summed E-state index contributed by atoms with van der Waals surface area (Å²) in [5.74, 6) is -2.24. The first-order chi connectivity index (χ1) is 23.1. The molecule has 5 aromatic carbocycles. The van der Waals surface area contributed by atoms with Gasteiger partial charge in [0.05, 0.1) is 27.9 Å². The van der Waals surface area contributed by atoms with Crippen LogP contribution in [0.5, 0.6) is 0 Å². The van der Waals surface area contributed by atoms with E-state index in [9.17, 15) is 24.0 Å². The number of rotatable bonds is 6. The first-order valence-electron chi connectivity index (χ1n) is 15.8.